The van der Waals surface area contributed by atoms with Crippen LogP contribution in [0.3, 0.4) is 0 Å². The van der Waals surface area contributed by atoms with Crippen molar-refractivity contribution in [2.24, 2.45) is 11.8 Å². The topological polar surface area (TPSA) is 61.8 Å². The van der Waals surface area contributed by atoms with Gasteiger partial charge in [-0.25, -0.2) is 0 Å². The van der Waals surface area contributed by atoms with Crippen molar-refractivity contribution >= 4 is 11.9 Å². The van der Waals surface area contributed by atoms with E-state index in [9.17, 15) is 9.59 Å². The number of carbonyl (C=O) groups excluding carboxylic acids is 2. The second-order valence-corrected chi connectivity index (χ2v) is 9.22. The molecule has 1 unspecified atom stereocenters. The summed E-state index contributed by atoms with van der Waals surface area (Å²) in [6.45, 7) is 4.17. The highest BCUT2D eigenvalue weighted by Gasteiger charge is 2.33. The minimum Gasteiger partial charge on any atom is -0.462 e. The van der Waals surface area contributed by atoms with Gasteiger partial charge in [0.25, 0.3) is 0 Å². The lowest BCUT2D eigenvalue weighted by molar-refractivity contribution is -0.160. The van der Waals surface area contributed by atoms with Gasteiger partial charge in [-0.2, -0.15) is 0 Å². The number of hydrogen-bond acceptors (Lipinski definition) is 5. The molecule has 0 bridgehead atoms. The van der Waals surface area contributed by atoms with Gasteiger partial charge >= 0.3 is 11.9 Å². The number of esters is 2. The molecule has 0 aromatic carbocycles. The van der Waals surface area contributed by atoms with Gasteiger partial charge in [0.05, 0.1) is 17.9 Å². The summed E-state index contributed by atoms with van der Waals surface area (Å²) in [6.07, 6.45) is 19.1. The Morgan fingerprint density at radius 1 is 0.848 bits per heavy atom. The van der Waals surface area contributed by atoms with Crippen LogP contribution >= 0.6 is 0 Å². The fourth-order valence-corrected chi connectivity index (χ4v) is 4.51. The van der Waals surface area contributed by atoms with Crippen LogP contribution in [0.1, 0.15) is 97.3 Å². The lowest BCUT2D eigenvalue weighted by Gasteiger charge is -2.30. The average molecular weight is 455 g/mol. The van der Waals surface area contributed by atoms with Gasteiger partial charge in [-0.1, -0.05) is 26.2 Å². The van der Waals surface area contributed by atoms with E-state index in [1.165, 1.54) is 19.3 Å². The summed E-state index contributed by atoms with van der Waals surface area (Å²) in [5, 5.41) is 0. The molecule has 1 atom stereocenters. The van der Waals surface area contributed by atoms with Crippen molar-refractivity contribution in [3.05, 3.63) is 0 Å². The van der Waals surface area contributed by atoms with Crippen LogP contribution in [0, 0.1) is 48.0 Å². The summed E-state index contributed by atoms with van der Waals surface area (Å²) >= 11 is 0. The highest BCUT2D eigenvalue weighted by atomic mass is 16.5. The van der Waals surface area contributed by atoms with Gasteiger partial charge in [-0.15, -0.1) is 6.42 Å². The molecule has 0 N–H and O–H groups in total. The van der Waals surface area contributed by atoms with Crippen LogP contribution in [0.4, 0.5) is 0 Å². The van der Waals surface area contributed by atoms with Gasteiger partial charge in [-0.3, -0.25) is 9.59 Å². The van der Waals surface area contributed by atoms with E-state index in [0.717, 1.165) is 64.2 Å². The van der Waals surface area contributed by atoms with E-state index >= 15 is 0 Å². The maximum atomic E-state index is 12.6. The van der Waals surface area contributed by atoms with Crippen LogP contribution in [0.15, 0.2) is 0 Å². The van der Waals surface area contributed by atoms with Crippen LogP contribution in [0.2, 0.25) is 0 Å². The average Bonchev–Trinajstić information content (AvgIpc) is 2.82. The largest absolute Gasteiger partial charge is 0.462 e. The first kappa shape index (κ1) is 26.7. The first-order valence-corrected chi connectivity index (χ1v) is 12.6. The summed E-state index contributed by atoms with van der Waals surface area (Å²) < 4.78 is 16.9. The Labute approximate surface area is 199 Å². The number of terminal acetylenes is 1. The highest BCUT2D eigenvalue weighted by Crippen LogP contribution is 2.31. The first-order chi connectivity index (χ1) is 16.0. The van der Waals surface area contributed by atoms with Crippen LogP contribution in [-0.2, 0) is 23.8 Å². The molecule has 0 aromatic rings. The van der Waals surface area contributed by atoms with Crippen molar-refractivity contribution in [3.8, 4) is 36.2 Å². The summed E-state index contributed by atoms with van der Waals surface area (Å²) in [4.78, 5) is 25.1. The SMILES string of the molecule is C#CC#CC#COC1CCC(C(=O)OC2CCC(C(=O)OC(C)CCCCCC)CC2)CC1. The first-order valence-electron chi connectivity index (χ1n) is 12.6. The Balaban J connectivity index is 1.62. The van der Waals surface area contributed by atoms with Crippen molar-refractivity contribution in [1.29, 1.82) is 0 Å². The summed E-state index contributed by atoms with van der Waals surface area (Å²) in [5.41, 5.74) is 0. The fraction of sp³-hybridized carbons (Fsp3) is 0.714. The van der Waals surface area contributed by atoms with Gasteiger partial charge in [-0.05, 0) is 83.0 Å². The normalized spacial score (nSPS) is 25.1. The van der Waals surface area contributed by atoms with Crippen molar-refractivity contribution in [2.75, 3.05) is 0 Å². The third-order valence-electron chi connectivity index (χ3n) is 6.55. The van der Waals surface area contributed by atoms with E-state index in [2.05, 4.69) is 36.7 Å². The van der Waals surface area contributed by atoms with Crippen LogP contribution in [-0.4, -0.2) is 30.3 Å². The Bertz CT molecular complexity index is 771. The Morgan fingerprint density at radius 3 is 2.12 bits per heavy atom. The molecule has 2 aliphatic carbocycles. The molecule has 2 fully saturated rings. The minimum atomic E-state index is -0.119. The second-order valence-electron chi connectivity index (χ2n) is 9.22. The van der Waals surface area contributed by atoms with E-state index < -0.39 is 0 Å². The van der Waals surface area contributed by atoms with E-state index in [1.807, 2.05) is 6.92 Å². The summed E-state index contributed by atoms with van der Waals surface area (Å²) in [6, 6.07) is 0. The quantitative estimate of drug-likeness (QED) is 0.259. The Hall–Kier alpha value is -2.58. The predicted octanol–water partition coefficient (Wildman–Crippen LogP) is 5.16. The summed E-state index contributed by atoms with van der Waals surface area (Å²) in [7, 11) is 0. The molecule has 0 radical (unpaired) electrons. The Kier molecular flexibility index (Phi) is 12.4. The van der Waals surface area contributed by atoms with Crippen LogP contribution in [0.5, 0.6) is 0 Å². The molecule has 0 aliphatic heterocycles. The van der Waals surface area contributed by atoms with Crippen LogP contribution in [0.25, 0.3) is 0 Å². The van der Waals surface area contributed by atoms with Gasteiger partial charge < -0.3 is 14.2 Å². The molecule has 33 heavy (non-hydrogen) atoms. The van der Waals surface area contributed by atoms with Gasteiger partial charge in [0.15, 0.2) is 0 Å². The predicted molar refractivity (Wildman–Crippen MR) is 127 cm³/mol. The molecule has 0 aromatic heterocycles. The van der Waals surface area contributed by atoms with Crippen LogP contribution < -0.4 is 0 Å². The molecule has 180 valence electrons. The molecule has 2 rings (SSSR count). The third-order valence-corrected chi connectivity index (χ3v) is 6.55. The number of hydrogen-bond donors (Lipinski definition) is 0. The number of unbranched alkanes of at least 4 members (excludes halogenated alkanes) is 3. The molecular weight excluding hydrogens is 416 g/mol. The van der Waals surface area contributed by atoms with E-state index in [1.54, 1.807) is 0 Å². The smallest absolute Gasteiger partial charge is 0.309 e. The number of rotatable bonds is 10. The maximum absolute atomic E-state index is 12.6. The standard InChI is InChI=1S/C28H38O5/c1-4-6-8-10-12-22(3)32-27(29)23-15-19-26(20-16-23)33-28(30)24-13-17-25(18-14-24)31-21-11-9-7-5-2/h2,22-26H,4,6,8,10,12-20H2,1,3H3. The molecular formula is C28H38O5. The van der Waals surface area contributed by atoms with E-state index in [4.69, 9.17) is 20.6 Å². The summed E-state index contributed by atoms with van der Waals surface area (Å²) in [5.74, 6) is 9.29. The number of ether oxygens (including phenoxy) is 3. The lowest BCUT2D eigenvalue weighted by atomic mass is 9.86. The molecule has 2 saturated carbocycles. The van der Waals surface area contributed by atoms with Crippen molar-refractivity contribution in [1.82, 2.24) is 0 Å². The molecule has 0 amide bonds. The van der Waals surface area contributed by atoms with Gasteiger partial charge in [0.1, 0.15) is 18.3 Å². The van der Waals surface area contributed by atoms with Crippen molar-refractivity contribution in [3.63, 3.8) is 0 Å². The zero-order valence-electron chi connectivity index (χ0n) is 20.2. The molecule has 5 heteroatoms. The molecule has 0 heterocycles. The third kappa shape index (κ3) is 10.3. The molecule has 2 aliphatic rings. The van der Waals surface area contributed by atoms with E-state index in [0.29, 0.717) is 0 Å². The zero-order valence-corrected chi connectivity index (χ0v) is 20.2. The Morgan fingerprint density at radius 2 is 1.48 bits per heavy atom. The molecule has 5 nitrogen and oxygen atoms in total. The lowest BCUT2D eigenvalue weighted by Crippen LogP contribution is -2.33. The molecule has 0 saturated heterocycles. The fourth-order valence-electron chi connectivity index (χ4n) is 4.51. The second kappa shape index (κ2) is 15.3. The van der Waals surface area contributed by atoms with Crippen molar-refractivity contribution < 1.29 is 23.8 Å². The number of carbonyl (C=O) groups is 2. The minimum absolute atomic E-state index is 0.0182. The monoisotopic (exact) mass is 454 g/mol. The highest BCUT2D eigenvalue weighted by molar-refractivity contribution is 5.73. The zero-order chi connectivity index (χ0) is 23.9. The van der Waals surface area contributed by atoms with Gasteiger partial charge in [0, 0.05) is 11.8 Å². The molecule has 0 spiro atoms. The van der Waals surface area contributed by atoms with Gasteiger partial charge in [0.2, 0.25) is 0 Å². The van der Waals surface area contributed by atoms with E-state index in [-0.39, 0.29) is 42.1 Å². The van der Waals surface area contributed by atoms with Crippen molar-refractivity contribution in [2.45, 2.75) is 116 Å². The maximum Gasteiger partial charge on any atom is 0.309 e.